The fourth-order valence-electron chi connectivity index (χ4n) is 1.18. The average molecular weight is 194 g/mol. The fraction of sp³-hybridized carbons (Fsp3) is 0.600. The molecule has 0 aliphatic rings. The molecule has 1 aromatic heterocycles. The highest BCUT2D eigenvalue weighted by Crippen LogP contribution is 2.05. The van der Waals surface area contributed by atoms with Crippen molar-refractivity contribution in [2.75, 3.05) is 32.5 Å². The molecule has 0 radical (unpaired) electrons. The van der Waals surface area contributed by atoms with Gasteiger partial charge in [0.25, 0.3) is 0 Å². The lowest BCUT2D eigenvalue weighted by molar-refractivity contribution is 0.405. The van der Waals surface area contributed by atoms with Crippen LogP contribution in [0.4, 0.5) is 5.82 Å². The quantitative estimate of drug-likeness (QED) is 0.714. The highest BCUT2D eigenvalue weighted by molar-refractivity contribution is 5.37. The van der Waals surface area contributed by atoms with Gasteiger partial charge in [-0.25, -0.2) is 4.98 Å². The molecule has 0 aliphatic heterocycles. The predicted molar refractivity (Wildman–Crippen MR) is 58.4 cm³/mol. The van der Waals surface area contributed by atoms with E-state index in [0.29, 0.717) is 0 Å². The highest BCUT2D eigenvalue weighted by Gasteiger charge is 1.97. The van der Waals surface area contributed by atoms with Crippen molar-refractivity contribution >= 4 is 5.82 Å². The van der Waals surface area contributed by atoms with Crippen LogP contribution < -0.4 is 5.32 Å². The van der Waals surface area contributed by atoms with E-state index in [4.69, 9.17) is 0 Å². The molecule has 0 aliphatic carbocycles. The molecule has 4 heteroatoms. The Kier molecular flexibility index (Phi) is 4.32. The van der Waals surface area contributed by atoms with Gasteiger partial charge in [-0.3, -0.25) is 4.98 Å². The molecule has 0 aromatic carbocycles. The highest BCUT2D eigenvalue weighted by atomic mass is 15.1. The lowest BCUT2D eigenvalue weighted by atomic mass is 10.4. The zero-order chi connectivity index (χ0) is 10.4. The summed E-state index contributed by atoms with van der Waals surface area (Å²) < 4.78 is 0. The minimum absolute atomic E-state index is 0.895. The third-order valence-corrected chi connectivity index (χ3v) is 1.96. The molecule has 14 heavy (non-hydrogen) atoms. The third-order valence-electron chi connectivity index (χ3n) is 1.96. The molecule has 0 fully saturated rings. The van der Waals surface area contributed by atoms with Crippen LogP contribution in [0.1, 0.15) is 12.1 Å². The molecule has 0 saturated heterocycles. The average Bonchev–Trinajstić information content (AvgIpc) is 2.15. The van der Waals surface area contributed by atoms with Crippen molar-refractivity contribution in [3.05, 3.63) is 18.1 Å². The van der Waals surface area contributed by atoms with Crippen LogP contribution in [0, 0.1) is 6.92 Å². The van der Waals surface area contributed by atoms with Gasteiger partial charge in [-0.2, -0.15) is 0 Å². The number of aryl methyl sites for hydroxylation is 1. The molecule has 78 valence electrons. The van der Waals surface area contributed by atoms with E-state index in [0.717, 1.165) is 31.0 Å². The van der Waals surface area contributed by atoms with Crippen molar-refractivity contribution in [2.45, 2.75) is 13.3 Å². The van der Waals surface area contributed by atoms with Gasteiger partial charge < -0.3 is 10.2 Å². The first-order chi connectivity index (χ1) is 6.70. The molecule has 0 bridgehead atoms. The number of hydrogen-bond donors (Lipinski definition) is 1. The number of rotatable bonds is 5. The van der Waals surface area contributed by atoms with E-state index in [-0.39, 0.29) is 0 Å². The Morgan fingerprint density at radius 1 is 1.29 bits per heavy atom. The normalized spacial score (nSPS) is 10.6. The van der Waals surface area contributed by atoms with Crippen LogP contribution in [0.2, 0.25) is 0 Å². The van der Waals surface area contributed by atoms with Crippen LogP contribution in [0.15, 0.2) is 12.4 Å². The SMILES string of the molecule is Cc1nccnc1NCCCN(C)C. The second-order valence-corrected chi connectivity index (χ2v) is 3.57. The van der Waals surface area contributed by atoms with Crippen molar-refractivity contribution in [2.24, 2.45) is 0 Å². The smallest absolute Gasteiger partial charge is 0.147 e. The van der Waals surface area contributed by atoms with E-state index in [9.17, 15) is 0 Å². The van der Waals surface area contributed by atoms with Crippen LogP contribution in [0.25, 0.3) is 0 Å². The largest absolute Gasteiger partial charge is 0.369 e. The molecular formula is C10H18N4. The first kappa shape index (κ1) is 10.9. The maximum atomic E-state index is 4.21. The molecule has 0 unspecified atom stereocenters. The summed E-state index contributed by atoms with van der Waals surface area (Å²) in [6, 6.07) is 0. The van der Waals surface area contributed by atoms with Crippen LogP contribution in [0.3, 0.4) is 0 Å². The predicted octanol–water partition coefficient (Wildman–Crippen LogP) is 1.15. The summed E-state index contributed by atoms with van der Waals surface area (Å²) in [6.45, 7) is 3.99. The van der Waals surface area contributed by atoms with Crippen LogP contribution in [-0.2, 0) is 0 Å². The summed E-state index contributed by atoms with van der Waals surface area (Å²) in [5, 5.41) is 3.27. The van der Waals surface area contributed by atoms with E-state index in [1.807, 2.05) is 6.92 Å². The first-order valence-corrected chi connectivity index (χ1v) is 4.86. The molecule has 0 atom stereocenters. The van der Waals surface area contributed by atoms with Gasteiger partial charge in [0.15, 0.2) is 0 Å². The monoisotopic (exact) mass is 194 g/mol. The maximum Gasteiger partial charge on any atom is 0.147 e. The lowest BCUT2D eigenvalue weighted by Crippen LogP contribution is -2.17. The Morgan fingerprint density at radius 2 is 2.00 bits per heavy atom. The fourth-order valence-corrected chi connectivity index (χ4v) is 1.18. The number of nitrogens with zero attached hydrogens (tertiary/aromatic N) is 3. The second-order valence-electron chi connectivity index (χ2n) is 3.57. The molecule has 1 heterocycles. The van der Waals surface area contributed by atoms with E-state index in [1.165, 1.54) is 0 Å². The van der Waals surface area contributed by atoms with E-state index < -0.39 is 0 Å². The summed E-state index contributed by atoms with van der Waals surface area (Å²) >= 11 is 0. The summed E-state index contributed by atoms with van der Waals surface area (Å²) in [5.41, 5.74) is 0.956. The number of aromatic nitrogens is 2. The van der Waals surface area contributed by atoms with Crippen LogP contribution in [-0.4, -0.2) is 42.1 Å². The van der Waals surface area contributed by atoms with Crippen molar-refractivity contribution in [1.29, 1.82) is 0 Å². The van der Waals surface area contributed by atoms with Crippen molar-refractivity contribution in [3.63, 3.8) is 0 Å². The van der Waals surface area contributed by atoms with Crippen LogP contribution >= 0.6 is 0 Å². The molecule has 4 nitrogen and oxygen atoms in total. The van der Waals surface area contributed by atoms with Gasteiger partial charge in [-0.1, -0.05) is 0 Å². The zero-order valence-corrected chi connectivity index (χ0v) is 9.12. The van der Waals surface area contributed by atoms with Gasteiger partial charge in [0, 0.05) is 18.9 Å². The number of nitrogens with one attached hydrogen (secondary N) is 1. The second kappa shape index (κ2) is 5.54. The molecule has 1 N–H and O–H groups in total. The van der Waals surface area contributed by atoms with E-state index in [1.54, 1.807) is 12.4 Å². The van der Waals surface area contributed by atoms with Gasteiger partial charge in [-0.05, 0) is 34.0 Å². The first-order valence-electron chi connectivity index (χ1n) is 4.86. The zero-order valence-electron chi connectivity index (χ0n) is 9.12. The maximum absolute atomic E-state index is 4.21. The molecule has 0 spiro atoms. The Labute approximate surface area is 85.4 Å². The number of hydrogen-bond acceptors (Lipinski definition) is 4. The third kappa shape index (κ3) is 3.70. The van der Waals surface area contributed by atoms with Crippen molar-refractivity contribution in [3.8, 4) is 0 Å². The number of anilines is 1. The Balaban J connectivity index is 2.28. The lowest BCUT2D eigenvalue weighted by Gasteiger charge is -2.10. The summed E-state index contributed by atoms with van der Waals surface area (Å²) in [6.07, 6.45) is 4.53. The molecule has 1 rings (SSSR count). The summed E-state index contributed by atoms with van der Waals surface area (Å²) in [7, 11) is 4.15. The van der Waals surface area contributed by atoms with Crippen LogP contribution in [0.5, 0.6) is 0 Å². The van der Waals surface area contributed by atoms with Gasteiger partial charge in [0.2, 0.25) is 0 Å². The van der Waals surface area contributed by atoms with Crippen molar-refractivity contribution < 1.29 is 0 Å². The minimum Gasteiger partial charge on any atom is -0.369 e. The van der Waals surface area contributed by atoms with E-state index >= 15 is 0 Å². The van der Waals surface area contributed by atoms with Gasteiger partial charge in [0.05, 0.1) is 5.69 Å². The van der Waals surface area contributed by atoms with Gasteiger partial charge >= 0.3 is 0 Å². The molecule has 0 amide bonds. The van der Waals surface area contributed by atoms with Gasteiger partial charge in [-0.15, -0.1) is 0 Å². The Hall–Kier alpha value is -1.16. The van der Waals surface area contributed by atoms with Crippen molar-refractivity contribution in [1.82, 2.24) is 14.9 Å². The summed E-state index contributed by atoms with van der Waals surface area (Å²) in [5.74, 6) is 0.895. The molecular weight excluding hydrogens is 176 g/mol. The molecule has 1 aromatic rings. The van der Waals surface area contributed by atoms with E-state index in [2.05, 4.69) is 34.3 Å². The van der Waals surface area contributed by atoms with Gasteiger partial charge in [0.1, 0.15) is 5.82 Å². The molecule has 0 saturated carbocycles. The topological polar surface area (TPSA) is 41.1 Å². The Morgan fingerprint density at radius 3 is 2.64 bits per heavy atom. The standard InChI is InChI=1S/C10H18N4/c1-9-10(13-7-6-11-9)12-5-4-8-14(2)3/h6-7H,4-5,8H2,1-3H3,(H,12,13). The minimum atomic E-state index is 0.895. The summed E-state index contributed by atoms with van der Waals surface area (Å²) in [4.78, 5) is 10.5. The Bertz CT molecular complexity index is 273.